The third-order valence-electron chi connectivity index (χ3n) is 11.0. The maximum atomic E-state index is 13.9. The molecule has 270 valence electrons. The number of nitrogens with zero attached hydrogens (tertiary/aromatic N) is 4. The Hall–Kier alpha value is -3.51. The lowest BCUT2D eigenvalue weighted by molar-refractivity contribution is -0.168. The number of carbonyl (C=O) groups is 2. The fourth-order valence-corrected chi connectivity index (χ4v) is 12.0. The summed E-state index contributed by atoms with van der Waals surface area (Å²) >= 11 is 0. The number of ether oxygens (including phenoxy) is 1. The summed E-state index contributed by atoms with van der Waals surface area (Å²) in [5, 5.41) is 0.609. The Kier molecular flexibility index (Phi) is 9.37. The van der Waals surface area contributed by atoms with Gasteiger partial charge in [-0.25, -0.2) is 4.98 Å². The molecule has 3 unspecified atom stereocenters. The molecule has 3 fully saturated rings. The van der Waals surface area contributed by atoms with Crippen molar-refractivity contribution in [2.24, 2.45) is 17.8 Å². The van der Waals surface area contributed by atoms with Crippen molar-refractivity contribution in [3.05, 3.63) is 60.0 Å². The molecule has 6 atom stereocenters. The van der Waals surface area contributed by atoms with Crippen LogP contribution in [0.3, 0.4) is 0 Å². The number of ketones is 1. The van der Waals surface area contributed by atoms with Gasteiger partial charge in [0.25, 0.3) is 0 Å². The van der Waals surface area contributed by atoms with Gasteiger partial charge < -0.3 is 19.0 Å². The minimum atomic E-state index is -4.22. The van der Waals surface area contributed by atoms with Crippen molar-refractivity contribution < 1.29 is 31.9 Å². The maximum Gasteiger partial charge on any atom is 0.393 e. The number of Topliss-reactive ketones (excluding diaryl/α,β-unsaturated/α-hetero) is 1. The lowest BCUT2D eigenvalue weighted by Gasteiger charge is -2.42. The highest BCUT2D eigenvalue weighted by atomic mass is 28.4. The van der Waals surface area contributed by atoms with Crippen LogP contribution < -0.4 is 9.80 Å². The molecule has 3 aliphatic rings. The number of rotatable bonds is 6. The van der Waals surface area contributed by atoms with Gasteiger partial charge in [-0.15, -0.1) is 0 Å². The summed E-state index contributed by atoms with van der Waals surface area (Å²) in [6.45, 7) is 18.1. The van der Waals surface area contributed by atoms with Gasteiger partial charge in [-0.05, 0) is 69.0 Å². The monoisotopic (exact) mass is 710 g/mol. The maximum absolute atomic E-state index is 13.9. The Bertz CT molecular complexity index is 1770. The number of halogens is 3. The van der Waals surface area contributed by atoms with Crippen LogP contribution in [0, 0.1) is 17.8 Å². The Balaban J connectivity index is 1.24. The molecule has 8 nitrogen and oxygen atoms in total. The predicted octanol–water partition coefficient (Wildman–Crippen LogP) is 8.00. The average molecular weight is 711 g/mol. The van der Waals surface area contributed by atoms with E-state index in [1.165, 1.54) is 0 Å². The van der Waals surface area contributed by atoms with Crippen LogP contribution in [0.5, 0.6) is 0 Å². The number of alkyl halides is 3. The smallest absolute Gasteiger partial charge is 0.393 e. The van der Waals surface area contributed by atoms with E-state index in [-0.39, 0.29) is 65.4 Å². The Morgan fingerprint density at radius 3 is 2.38 bits per heavy atom. The molecule has 0 N–H and O–H groups in total. The zero-order valence-electron chi connectivity index (χ0n) is 30.3. The van der Waals surface area contributed by atoms with Crippen LogP contribution in [0.15, 0.2) is 48.8 Å². The van der Waals surface area contributed by atoms with Crippen molar-refractivity contribution in [1.82, 2.24) is 9.97 Å². The molecule has 0 bridgehead atoms. The van der Waals surface area contributed by atoms with Crippen molar-refractivity contribution in [1.29, 1.82) is 0 Å². The van der Waals surface area contributed by atoms with Crippen molar-refractivity contribution >= 4 is 42.3 Å². The molecule has 0 saturated carbocycles. The van der Waals surface area contributed by atoms with E-state index in [4.69, 9.17) is 9.16 Å². The van der Waals surface area contributed by atoms with Crippen LogP contribution in [0.25, 0.3) is 10.9 Å². The zero-order chi connectivity index (χ0) is 36.4. The molecule has 0 spiro atoms. The molecule has 3 aliphatic heterocycles. The normalized spacial score (nSPS) is 27.5. The molecule has 0 aliphatic carbocycles. The quantitative estimate of drug-likeness (QED) is 0.145. The number of hydrogen-bond donors (Lipinski definition) is 0. The van der Waals surface area contributed by atoms with Crippen molar-refractivity contribution in [3.63, 3.8) is 0 Å². The van der Waals surface area contributed by atoms with E-state index < -0.39 is 26.0 Å². The standard InChI is InChI=1S/C38H49F3N4O4Si/c1-23-20-45(22-28-33(23)49-50(8,37(5,6)7)34(28)35(47)48-36(2,3)4)31-13-15-42-19-25(31)17-32(46)29-12-10-24-9-11-27(18-30(24)43-29)44-16-14-26(21-44)38(39,40)41/h9-13,15,18-19,23,26,28,33-34H,14,16-17,20-22H2,1-8H3/t23-,26?,28+,33+,34?,50?/m0/s1. The van der Waals surface area contributed by atoms with E-state index in [1.807, 2.05) is 45.0 Å². The summed E-state index contributed by atoms with van der Waals surface area (Å²) in [6, 6.07) is 10.9. The van der Waals surface area contributed by atoms with Crippen LogP contribution in [0.1, 0.15) is 70.9 Å². The van der Waals surface area contributed by atoms with Crippen LogP contribution >= 0.6 is 0 Å². The molecule has 12 heteroatoms. The minimum absolute atomic E-state index is 0.0602. The highest BCUT2D eigenvalue weighted by Gasteiger charge is 2.65. The van der Waals surface area contributed by atoms with Gasteiger partial charge in [0.05, 0.1) is 23.1 Å². The highest BCUT2D eigenvalue weighted by Crippen LogP contribution is 2.57. The largest absolute Gasteiger partial charge is 0.460 e. The molecule has 3 aromatic rings. The Labute approximate surface area is 293 Å². The van der Waals surface area contributed by atoms with Gasteiger partial charge in [0.15, 0.2) is 5.78 Å². The molecule has 3 saturated heterocycles. The SMILES string of the molecule is C[C@H]1CN(c2ccncc2CC(=O)c2ccc3ccc(N4CCC(C(F)(F)F)C4)cc3n2)C[C@H]2C(C(=O)OC(C)(C)C)[Si](C)(C(C)(C)C)O[C@H]12. The lowest BCUT2D eigenvalue weighted by Crippen LogP contribution is -2.50. The van der Waals surface area contributed by atoms with Gasteiger partial charge in [0, 0.05) is 73.2 Å². The first-order chi connectivity index (χ1) is 23.2. The number of fused-ring (bicyclic) bond motifs is 2. The summed E-state index contributed by atoms with van der Waals surface area (Å²) in [5.74, 6) is -1.67. The molecular weight excluding hydrogens is 662 g/mol. The summed E-state index contributed by atoms with van der Waals surface area (Å²) in [4.78, 5) is 40.8. The van der Waals surface area contributed by atoms with Crippen LogP contribution in [-0.2, 0) is 20.4 Å². The predicted molar refractivity (Wildman–Crippen MR) is 191 cm³/mol. The molecular formula is C38H49F3N4O4Si. The number of hydrogen-bond acceptors (Lipinski definition) is 8. The molecule has 6 rings (SSSR count). The highest BCUT2D eigenvalue weighted by molar-refractivity contribution is 6.80. The molecule has 1 aromatic carbocycles. The Morgan fingerprint density at radius 2 is 1.72 bits per heavy atom. The van der Waals surface area contributed by atoms with Gasteiger partial charge >= 0.3 is 12.1 Å². The fraction of sp³-hybridized carbons (Fsp3) is 0.579. The third kappa shape index (κ3) is 7.02. The first-order valence-corrected chi connectivity index (χ1v) is 20.1. The first kappa shape index (κ1) is 36.3. The van der Waals surface area contributed by atoms with Crippen LogP contribution in [-0.4, -0.2) is 74.1 Å². The second-order valence-corrected chi connectivity index (χ2v) is 21.2. The van der Waals surface area contributed by atoms with Gasteiger partial charge in [0.2, 0.25) is 8.32 Å². The summed E-state index contributed by atoms with van der Waals surface area (Å²) in [7, 11) is -2.64. The number of carbonyl (C=O) groups excluding carboxylic acids is 2. The van der Waals surface area contributed by atoms with Crippen LogP contribution in [0.4, 0.5) is 24.5 Å². The first-order valence-electron chi connectivity index (χ1n) is 17.6. The number of aromatic nitrogens is 2. The number of pyridine rings is 2. The fourth-order valence-electron chi connectivity index (χ4n) is 8.02. The third-order valence-corrected chi connectivity index (χ3v) is 16.6. The van der Waals surface area contributed by atoms with E-state index in [1.54, 1.807) is 29.4 Å². The van der Waals surface area contributed by atoms with Gasteiger partial charge in [-0.3, -0.25) is 14.6 Å². The van der Waals surface area contributed by atoms with E-state index in [2.05, 4.69) is 49.1 Å². The van der Waals surface area contributed by atoms with Crippen molar-refractivity contribution in [3.8, 4) is 0 Å². The van der Waals surface area contributed by atoms with Gasteiger partial charge in [-0.1, -0.05) is 39.8 Å². The van der Waals surface area contributed by atoms with Crippen molar-refractivity contribution in [2.45, 2.75) is 96.3 Å². The van der Waals surface area contributed by atoms with Gasteiger partial charge in [-0.2, -0.15) is 13.2 Å². The average Bonchev–Trinajstić information content (AvgIpc) is 3.64. The number of piperidine rings is 1. The topological polar surface area (TPSA) is 84.9 Å². The second-order valence-electron chi connectivity index (χ2n) is 16.6. The van der Waals surface area contributed by atoms with Crippen LogP contribution in [0.2, 0.25) is 17.1 Å². The summed E-state index contributed by atoms with van der Waals surface area (Å²) < 4.78 is 53.0. The Morgan fingerprint density at radius 1 is 1.00 bits per heavy atom. The second kappa shape index (κ2) is 12.9. The summed E-state index contributed by atoms with van der Waals surface area (Å²) in [6.07, 6.45) is -0.717. The van der Waals surface area contributed by atoms with E-state index in [0.717, 1.165) is 16.6 Å². The van der Waals surface area contributed by atoms with E-state index in [0.29, 0.717) is 30.8 Å². The molecule has 2 aromatic heterocycles. The zero-order valence-corrected chi connectivity index (χ0v) is 31.3. The summed E-state index contributed by atoms with van der Waals surface area (Å²) in [5.41, 5.74) is 2.19. The van der Waals surface area contributed by atoms with Gasteiger partial charge in [0.1, 0.15) is 11.3 Å². The minimum Gasteiger partial charge on any atom is -0.460 e. The number of benzene rings is 1. The van der Waals surface area contributed by atoms with E-state index >= 15 is 0 Å². The molecule has 5 heterocycles. The molecule has 0 amide bonds. The molecule has 0 radical (unpaired) electrons. The number of esters is 1. The number of anilines is 2. The van der Waals surface area contributed by atoms with E-state index in [9.17, 15) is 22.8 Å². The lowest BCUT2D eigenvalue weighted by atomic mass is 9.84. The molecule has 50 heavy (non-hydrogen) atoms. The van der Waals surface area contributed by atoms with Crippen molar-refractivity contribution in [2.75, 3.05) is 36.0 Å².